The molecule has 2 fully saturated rings. The summed E-state index contributed by atoms with van der Waals surface area (Å²) in [5, 5.41) is 3.44. The zero-order chi connectivity index (χ0) is 12.3. The van der Waals surface area contributed by atoms with Crippen LogP contribution in [0.2, 0.25) is 0 Å². The Morgan fingerprint density at radius 3 is 2.53 bits per heavy atom. The lowest BCUT2D eigenvalue weighted by Gasteiger charge is -2.37. The lowest BCUT2D eigenvalue weighted by atomic mass is 9.83. The fourth-order valence-electron chi connectivity index (χ4n) is 2.80. The summed E-state index contributed by atoms with van der Waals surface area (Å²) in [7, 11) is 0. The molecule has 1 saturated carbocycles. The molecule has 3 heteroatoms. The summed E-state index contributed by atoms with van der Waals surface area (Å²) in [6.07, 6.45) is 6.01. The third-order valence-corrected chi connectivity index (χ3v) is 4.21. The van der Waals surface area contributed by atoms with Crippen LogP contribution in [0.25, 0.3) is 0 Å². The minimum absolute atomic E-state index is 0.342. The van der Waals surface area contributed by atoms with Crippen LogP contribution in [0.1, 0.15) is 46.0 Å². The number of hydrogen-bond acceptors (Lipinski definition) is 2. The van der Waals surface area contributed by atoms with E-state index in [4.69, 9.17) is 0 Å². The van der Waals surface area contributed by atoms with Crippen molar-refractivity contribution in [2.75, 3.05) is 19.6 Å². The van der Waals surface area contributed by atoms with Gasteiger partial charge in [0.1, 0.15) is 0 Å². The number of amides is 1. The van der Waals surface area contributed by atoms with Crippen molar-refractivity contribution in [1.82, 2.24) is 10.2 Å². The van der Waals surface area contributed by atoms with E-state index in [9.17, 15) is 4.79 Å². The van der Waals surface area contributed by atoms with Gasteiger partial charge in [0.15, 0.2) is 0 Å². The molecule has 1 saturated heterocycles. The standard InChI is InChI=1S/C14H26N2O/c1-11(2)16(14(17)13-6-3-7-13)10-12-5-4-8-15-9-12/h11-13,15H,3-10H2,1-2H3. The van der Waals surface area contributed by atoms with Crippen LogP contribution in [0.4, 0.5) is 0 Å². The highest BCUT2D eigenvalue weighted by Crippen LogP contribution is 2.29. The predicted molar refractivity (Wildman–Crippen MR) is 69.8 cm³/mol. The van der Waals surface area contributed by atoms with Crippen molar-refractivity contribution in [2.24, 2.45) is 11.8 Å². The van der Waals surface area contributed by atoms with E-state index in [0.717, 1.165) is 32.5 Å². The van der Waals surface area contributed by atoms with E-state index in [1.807, 2.05) is 0 Å². The quantitative estimate of drug-likeness (QED) is 0.812. The summed E-state index contributed by atoms with van der Waals surface area (Å²) in [5.41, 5.74) is 0. The number of carbonyl (C=O) groups is 1. The molecule has 1 aliphatic heterocycles. The Balaban J connectivity index is 1.89. The molecule has 1 heterocycles. The lowest BCUT2D eigenvalue weighted by molar-refractivity contribution is -0.140. The Labute approximate surface area is 105 Å². The van der Waals surface area contributed by atoms with Crippen LogP contribution >= 0.6 is 0 Å². The van der Waals surface area contributed by atoms with Gasteiger partial charge < -0.3 is 10.2 Å². The van der Waals surface area contributed by atoms with E-state index in [1.165, 1.54) is 19.3 Å². The molecule has 0 bridgehead atoms. The van der Waals surface area contributed by atoms with Gasteiger partial charge in [0, 0.05) is 18.5 Å². The molecule has 1 atom stereocenters. The second-order valence-corrected chi connectivity index (χ2v) is 5.92. The molecule has 0 aromatic rings. The molecule has 0 aromatic heterocycles. The van der Waals surface area contributed by atoms with E-state index in [1.54, 1.807) is 0 Å². The van der Waals surface area contributed by atoms with E-state index in [-0.39, 0.29) is 0 Å². The highest BCUT2D eigenvalue weighted by atomic mass is 16.2. The van der Waals surface area contributed by atoms with Gasteiger partial charge in [-0.05, 0) is 58.5 Å². The number of nitrogens with zero attached hydrogens (tertiary/aromatic N) is 1. The number of hydrogen-bond donors (Lipinski definition) is 1. The SMILES string of the molecule is CC(C)N(CC1CCCNC1)C(=O)C1CCC1. The maximum atomic E-state index is 12.3. The van der Waals surface area contributed by atoms with Gasteiger partial charge in [-0.2, -0.15) is 0 Å². The third kappa shape index (κ3) is 3.21. The average molecular weight is 238 g/mol. The molecule has 0 radical (unpaired) electrons. The maximum absolute atomic E-state index is 12.3. The summed E-state index contributed by atoms with van der Waals surface area (Å²) in [5.74, 6) is 1.42. The molecule has 0 aromatic carbocycles. The summed E-state index contributed by atoms with van der Waals surface area (Å²) in [6.45, 7) is 7.48. The van der Waals surface area contributed by atoms with Crippen LogP contribution in [0.15, 0.2) is 0 Å². The van der Waals surface area contributed by atoms with Gasteiger partial charge in [0.2, 0.25) is 5.91 Å². The molecule has 3 nitrogen and oxygen atoms in total. The minimum atomic E-state index is 0.342. The van der Waals surface area contributed by atoms with Crippen LogP contribution in [-0.2, 0) is 4.79 Å². The van der Waals surface area contributed by atoms with Crippen molar-refractivity contribution < 1.29 is 4.79 Å². The van der Waals surface area contributed by atoms with Crippen molar-refractivity contribution in [3.05, 3.63) is 0 Å². The average Bonchev–Trinajstić information content (AvgIpc) is 2.24. The molecule has 17 heavy (non-hydrogen) atoms. The first-order valence-corrected chi connectivity index (χ1v) is 7.19. The van der Waals surface area contributed by atoms with Crippen LogP contribution in [-0.4, -0.2) is 36.5 Å². The summed E-state index contributed by atoms with van der Waals surface area (Å²) >= 11 is 0. The first-order valence-electron chi connectivity index (χ1n) is 7.19. The van der Waals surface area contributed by atoms with Crippen molar-refractivity contribution in [2.45, 2.75) is 52.0 Å². The summed E-state index contributed by atoms with van der Waals surface area (Å²) in [6, 6.07) is 0.352. The largest absolute Gasteiger partial charge is 0.340 e. The second-order valence-electron chi connectivity index (χ2n) is 5.92. The molecule has 1 unspecified atom stereocenters. The van der Waals surface area contributed by atoms with Crippen LogP contribution in [0.5, 0.6) is 0 Å². The van der Waals surface area contributed by atoms with Crippen molar-refractivity contribution in [1.29, 1.82) is 0 Å². The molecular formula is C14H26N2O. The van der Waals surface area contributed by atoms with Gasteiger partial charge in [0.25, 0.3) is 0 Å². The van der Waals surface area contributed by atoms with Gasteiger partial charge in [-0.3, -0.25) is 4.79 Å². The normalized spacial score (nSPS) is 25.7. The first-order chi connectivity index (χ1) is 8.18. The number of carbonyl (C=O) groups excluding carboxylic acids is 1. The van der Waals surface area contributed by atoms with E-state index in [2.05, 4.69) is 24.1 Å². The Kier molecular flexibility index (Phi) is 4.43. The number of nitrogens with one attached hydrogen (secondary N) is 1. The second kappa shape index (κ2) is 5.85. The molecule has 98 valence electrons. The van der Waals surface area contributed by atoms with E-state index >= 15 is 0 Å². The van der Waals surface area contributed by atoms with Crippen molar-refractivity contribution in [3.8, 4) is 0 Å². The highest BCUT2D eigenvalue weighted by Gasteiger charge is 2.31. The molecule has 0 spiro atoms. The van der Waals surface area contributed by atoms with E-state index < -0.39 is 0 Å². The summed E-state index contributed by atoms with van der Waals surface area (Å²) in [4.78, 5) is 14.5. The van der Waals surface area contributed by atoms with E-state index in [0.29, 0.717) is 23.8 Å². The summed E-state index contributed by atoms with van der Waals surface area (Å²) < 4.78 is 0. The Bertz CT molecular complexity index is 255. The number of rotatable bonds is 4. The fourth-order valence-corrected chi connectivity index (χ4v) is 2.80. The fraction of sp³-hybridized carbons (Fsp3) is 0.929. The zero-order valence-electron chi connectivity index (χ0n) is 11.2. The van der Waals surface area contributed by atoms with Gasteiger partial charge in [-0.15, -0.1) is 0 Å². The Morgan fingerprint density at radius 1 is 1.29 bits per heavy atom. The number of piperidine rings is 1. The third-order valence-electron chi connectivity index (χ3n) is 4.21. The zero-order valence-corrected chi connectivity index (χ0v) is 11.2. The van der Waals surface area contributed by atoms with Gasteiger partial charge >= 0.3 is 0 Å². The van der Waals surface area contributed by atoms with Gasteiger partial charge in [0.05, 0.1) is 0 Å². The molecule has 2 aliphatic rings. The molecule has 1 aliphatic carbocycles. The Morgan fingerprint density at radius 2 is 2.06 bits per heavy atom. The maximum Gasteiger partial charge on any atom is 0.225 e. The van der Waals surface area contributed by atoms with Crippen LogP contribution in [0.3, 0.4) is 0 Å². The monoisotopic (exact) mass is 238 g/mol. The molecular weight excluding hydrogens is 212 g/mol. The van der Waals surface area contributed by atoms with Gasteiger partial charge in [-0.25, -0.2) is 0 Å². The Hall–Kier alpha value is -0.570. The molecule has 1 N–H and O–H groups in total. The first kappa shape index (κ1) is 12.9. The van der Waals surface area contributed by atoms with Crippen molar-refractivity contribution in [3.63, 3.8) is 0 Å². The predicted octanol–water partition coefficient (Wildman–Crippen LogP) is 2.02. The van der Waals surface area contributed by atoms with Crippen LogP contribution in [0, 0.1) is 11.8 Å². The smallest absolute Gasteiger partial charge is 0.225 e. The molecule has 2 rings (SSSR count). The van der Waals surface area contributed by atoms with Gasteiger partial charge in [-0.1, -0.05) is 6.42 Å². The highest BCUT2D eigenvalue weighted by molar-refractivity contribution is 5.79. The lowest BCUT2D eigenvalue weighted by Crippen LogP contribution is -2.47. The topological polar surface area (TPSA) is 32.3 Å². The van der Waals surface area contributed by atoms with Crippen molar-refractivity contribution >= 4 is 5.91 Å². The van der Waals surface area contributed by atoms with Crippen LogP contribution < -0.4 is 5.32 Å². The minimum Gasteiger partial charge on any atom is -0.340 e. The molecule has 1 amide bonds.